The molecule has 0 spiro atoms. The van der Waals surface area contributed by atoms with Gasteiger partial charge >= 0.3 is 6.61 Å². The summed E-state index contributed by atoms with van der Waals surface area (Å²) in [5.41, 5.74) is 3.27. The zero-order chi connectivity index (χ0) is 25.1. The van der Waals surface area contributed by atoms with Crippen molar-refractivity contribution in [1.82, 2.24) is 24.8 Å². The van der Waals surface area contributed by atoms with Crippen LogP contribution in [0.2, 0.25) is 0 Å². The van der Waals surface area contributed by atoms with Crippen LogP contribution in [0, 0.1) is 17.2 Å². The van der Waals surface area contributed by atoms with Gasteiger partial charge in [-0.25, -0.2) is 9.97 Å². The number of alkyl halides is 2. The first-order chi connectivity index (χ1) is 17.5. The van der Waals surface area contributed by atoms with Gasteiger partial charge in [0.25, 0.3) is 0 Å². The van der Waals surface area contributed by atoms with Crippen LogP contribution in [0.4, 0.5) is 8.78 Å². The van der Waals surface area contributed by atoms with Gasteiger partial charge in [0.15, 0.2) is 0 Å². The van der Waals surface area contributed by atoms with Crippen molar-refractivity contribution >= 4 is 28.0 Å². The Morgan fingerprint density at radius 1 is 1.22 bits per heavy atom. The van der Waals surface area contributed by atoms with Gasteiger partial charge in [-0.1, -0.05) is 12.1 Å². The molecule has 1 aliphatic rings. The molecular weight excluding hydrogens is 466 g/mol. The summed E-state index contributed by atoms with van der Waals surface area (Å²) in [5.74, 6) is 0.987. The first-order valence-electron chi connectivity index (χ1n) is 12.0. The van der Waals surface area contributed by atoms with Crippen molar-refractivity contribution in [3.63, 3.8) is 0 Å². The molecule has 3 heterocycles. The van der Waals surface area contributed by atoms with Gasteiger partial charge in [0, 0.05) is 30.6 Å². The van der Waals surface area contributed by atoms with Gasteiger partial charge in [0.1, 0.15) is 22.7 Å². The number of nitrogens with zero attached hydrogens (tertiary/aromatic N) is 4. The van der Waals surface area contributed by atoms with E-state index < -0.39 is 6.61 Å². The largest absolute Gasteiger partial charge is 0.435 e. The van der Waals surface area contributed by atoms with Gasteiger partial charge in [-0.05, 0) is 55.4 Å². The molecule has 0 radical (unpaired) electrons. The molecule has 1 saturated carbocycles. The second-order valence-corrected chi connectivity index (χ2v) is 9.14. The second kappa shape index (κ2) is 10.3. The van der Waals surface area contributed by atoms with Gasteiger partial charge in [-0.15, -0.1) is 0 Å². The van der Waals surface area contributed by atoms with Gasteiger partial charge in [-0.2, -0.15) is 14.0 Å². The lowest BCUT2D eigenvalue weighted by Gasteiger charge is -2.30. The third-order valence-corrected chi connectivity index (χ3v) is 6.83. The number of rotatable bonds is 8. The quantitative estimate of drug-likeness (QED) is 0.359. The molecule has 0 unspecified atom stereocenters. The summed E-state index contributed by atoms with van der Waals surface area (Å²) in [5, 5.41) is 12.9. The van der Waals surface area contributed by atoms with Crippen LogP contribution in [-0.2, 0) is 17.8 Å². The van der Waals surface area contributed by atoms with E-state index in [4.69, 9.17) is 10.2 Å². The molecule has 0 aliphatic heterocycles. The van der Waals surface area contributed by atoms with E-state index in [9.17, 15) is 13.6 Å². The molecule has 10 heteroatoms. The van der Waals surface area contributed by atoms with Gasteiger partial charge < -0.3 is 19.6 Å². The molecule has 4 aromatic rings. The van der Waals surface area contributed by atoms with Gasteiger partial charge in [0.2, 0.25) is 5.91 Å². The minimum Gasteiger partial charge on any atom is -0.435 e. The Morgan fingerprint density at radius 2 is 2.00 bits per heavy atom. The summed E-state index contributed by atoms with van der Waals surface area (Å²) in [6.07, 6.45) is 8.05. The van der Waals surface area contributed by atoms with Crippen LogP contribution < -0.4 is 10.1 Å². The zero-order valence-corrected chi connectivity index (χ0v) is 19.6. The molecule has 1 aromatic carbocycles. The topological polar surface area (TPSA) is 109 Å². The molecule has 8 nitrogen and oxygen atoms in total. The lowest BCUT2D eigenvalue weighted by atomic mass is 9.84. The lowest BCUT2D eigenvalue weighted by Crippen LogP contribution is -2.27. The fourth-order valence-electron chi connectivity index (χ4n) is 5.09. The Hall–Kier alpha value is -4.00. The number of amides is 1. The number of carbonyl (C=O) groups is 1. The first kappa shape index (κ1) is 23.7. The van der Waals surface area contributed by atoms with Crippen molar-refractivity contribution in [1.29, 1.82) is 5.26 Å². The maximum Gasteiger partial charge on any atom is 0.387 e. The number of aromatic amines is 1. The number of aromatic nitrogens is 4. The van der Waals surface area contributed by atoms with E-state index in [1.54, 1.807) is 18.3 Å². The van der Waals surface area contributed by atoms with E-state index >= 15 is 0 Å². The highest BCUT2D eigenvalue weighted by atomic mass is 19.3. The summed E-state index contributed by atoms with van der Waals surface area (Å²) >= 11 is 0. The average Bonchev–Trinajstić information content (AvgIpc) is 3.48. The number of H-pyrrole nitrogens is 1. The minimum absolute atomic E-state index is 0.0722. The van der Waals surface area contributed by atoms with Crippen molar-refractivity contribution in [2.75, 3.05) is 0 Å². The number of ether oxygens (including phenoxy) is 1. The number of hydrogen-bond donors (Lipinski definition) is 2. The normalized spacial score (nSPS) is 17.9. The number of imidazole rings is 1. The van der Waals surface area contributed by atoms with Crippen molar-refractivity contribution < 1.29 is 18.3 Å². The molecule has 1 amide bonds. The predicted molar refractivity (Wildman–Crippen MR) is 129 cm³/mol. The lowest BCUT2D eigenvalue weighted by molar-refractivity contribution is -0.120. The fourth-order valence-corrected chi connectivity index (χ4v) is 5.09. The van der Waals surface area contributed by atoms with Gasteiger partial charge in [-0.3, -0.25) is 4.79 Å². The molecular formula is C26H26F2N6O2. The molecule has 0 saturated heterocycles. The second-order valence-electron chi connectivity index (χ2n) is 9.14. The van der Waals surface area contributed by atoms with Gasteiger partial charge in [0.05, 0.1) is 24.2 Å². The number of hydrogen-bond acceptors (Lipinski definition) is 5. The van der Waals surface area contributed by atoms with E-state index in [0.717, 1.165) is 53.3 Å². The number of pyridine rings is 1. The highest BCUT2D eigenvalue weighted by molar-refractivity contribution is 6.01. The maximum absolute atomic E-state index is 12.9. The number of benzene rings is 1. The monoisotopic (exact) mass is 492 g/mol. The first-order valence-corrected chi connectivity index (χ1v) is 12.0. The van der Waals surface area contributed by atoms with Crippen molar-refractivity contribution in [3.05, 3.63) is 54.1 Å². The van der Waals surface area contributed by atoms with Crippen molar-refractivity contribution in [2.45, 2.75) is 57.7 Å². The van der Waals surface area contributed by atoms with E-state index in [2.05, 4.69) is 30.7 Å². The van der Waals surface area contributed by atoms with E-state index in [1.807, 2.05) is 12.3 Å². The van der Waals surface area contributed by atoms with E-state index in [0.29, 0.717) is 18.2 Å². The molecule has 2 N–H and O–H groups in total. The number of fused-ring (bicyclic) bond motifs is 3. The van der Waals surface area contributed by atoms with Crippen LogP contribution in [0.1, 0.15) is 49.5 Å². The Balaban J connectivity index is 1.35. The summed E-state index contributed by atoms with van der Waals surface area (Å²) < 4.78 is 31.2. The summed E-state index contributed by atoms with van der Waals surface area (Å²) in [6.45, 7) is -2.62. The minimum atomic E-state index is -2.88. The highest BCUT2D eigenvalue weighted by Crippen LogP contribution is 2.38. The maximum atomic E-state index is 12.9. The Kier molecular flexibility index (Phi) is 6.80. The molecule has 0 bridgehead atoms. The Morgan fingerprint density at radius 3 is 2.72 bits per heavy atom. The Labute approximate surface area is 206 Å². The number of nitriles is 1. The molecule has 1 fully saturated rings. The molecule has 5 rings (SSSR count). The van der Waals surface area contributed by atoms with Crippen LogP contribution in [-0.4, -0.2) is 32.0 Å². The van der Waals surface area contributed by atoms with E-state index in [-0.39, 0.29) is 30.7 Å². The van der Waals surface area contributed by atoms with Crippen molar-refractivity contribution in [2.24, 2.45) is 5.92 Å². The van der Waals surface area contributed by atoms with Crippen LogP contribution in [0.25, 0.3) is 22.1 Å². The van der Waals surface area contributed by atoms with Crippen LogP contribution >= 0.6 is 0 Å². The Bertz CT molecular complexity index is 1400. The molecule has 186 valence electrons. The van der Waals surface area contributed by atoms with Crippen LogP contribution in [0.15, 0.2) is 42.7 Å². The smallest absolute Gasteiger partial charge is 0.387 e. The fraction of sp³-hybridized carbons (Fsp3) is 0.385. The standard InChI is InChI=1S/C26H26F2N6O2/c27-26(28)36-19-7-3-17(4-8-19)14-31-23(35)13-22-33-21-15-32-25-20(10-12-30-25)24(21)34(22)18-5-1-16(2-6-18)9-11-29/h3-4,7-8,10,12,15-16,18,26H,1-2,5-6,9,13-14H2,(H,30,32)(H,31,35). The SMILES string of the molecule is N#CCC1CCC(n2c(CC(=O)NCc3ccc(OC(F)F)cc3)nc3cnc4[nH]ccc4c32)CC1. The molecule has 1 aliphatic carbocycles. The number of halogens is 2. The van der Waals surface area contributed by atoms with Crippen LogP contribution in [0.5, 0.6) is 5.75 Å². The molecule has 3 aromatic heterocycles. The van der Waals surface area contributed by atoms with Crippen LogP contribution in [0.3, 0.4) is 0 Å². The number of carbonyl (C=O) groups excluding carboxylic acids is 1. The number of nitrogens with one attached hydrogen (secondary N) is 2. The summed E-state index contributed by atoms with van der Waals surface area (Å²) in [6, 6.07) is 10.6. The van der Waals surface area contributed by atoms with E-state index in [1.165, 1.54) is 12.1 Å². The summed E-state index contributed by atoms with van der Waals surface area (Å²) in [7, 11) is 0. The summed E-state index contributed by atoms with van der Waals surface area (Å²) in [4.78, 5) is 25.3. The molecule has 36 heavy (non-hydrogen) atoms. The highest BCUT2D eigenvalue weighted by Gasteiger charge is 2.27. The third kappa shape index (κ3) is 5.00. The predicted octanol–water partition coefficient (Wildman–Crippen LogP) is 5.02. The van der Waals surface area contributed by atoms with Crippen molar-refractivity contribution in [3.8, 4) is 11.8 Å². The molecule has 0 atom stereocenters. The zero-order valence-electron chi connectivity index (χ0n) is 19.6. The average molecular weight is 493 g/mol. The third-order valence-electron chi connectivity index (χ3n) is 6.83.